The lowest BCUT2D eigenvalue weighted by molar-refractivity contribution is -0.141. The molecule has 1 spiro atoms. The molecule has 0 aromatic heterocycles. The van der Waals surface area contributed by atoms with Crippen LogP contribution in [0.5, 0.6) is 0 Å². The second-order valence-corrected chi connectivity index (χ2v) is 7.11. The topological polar surface area (TPSA) is 37.4 Å². The van der Waals surface area contributed by atoms with Crippen molar-refractivity contribution in [2.45, 2.75) is 19.4 Å². The number of benzene rings is 1. The van der Waals surface area contributed by atoms with Crippen LogP contribution < -0.4 is 0 Å². The van der Waals surface area contributed by atoms with Gasteiger partial charge in [-0.15, -0.1) is 0 Å². The molecule has 0 unspecified atom stereocenters. The Labute approximate surface area is 127 Å². The number of imide groups is 1. The van der Waals surface area contributed by atoms with Crippen LogP contribution in [-0.4, -0.2) is 16.7 Å². The van der Waals surface area contributed by atoms with E-state index in [1.54, 1.807) is 12.1 Å². The first-order valence-electron chi connectivity index (χ1n) is 7.90. The third-order valence-electron chi connectivity index (χ3n) is 6.20. The van der Waals surface area contributed by atoms with E-state index in [9.17, 15) is 14.0 Å². The summed E-state index contributed by atoms with van der Waals surface area (Å²) < 4.78 is 13.0. The Morgan fingerprint density at radius 1 is 1.00 bits per heavy atom. The van der Waals surface area contributed by atoms with E-state index in [0.717, 1.165) is 18.4 Å². The highest BCUT2D eigenvalue weighted by molar-refractivity contribution is 6.06. The van der Waals surface area contributed by atoms with Crippen molar-refractivity contribution in [1.82, 2.24) is 4.90 Å². The molecule has 112 valence electrons. The van der Waals surface area contributed by atoms with Gasteiger partial charge in [-0.3, -0.25) is 14.5 Å². The Morgan fingerprint density at radius 3 is 2.05 bits per heavy atom. The summed E-state index contributed by atoms with van der Waals surface area (Å²) in [6, 6.07) is 6.01. The molecular formula is C18H16FNO2. The molecule has 2 saturated carbocycles. The third kappa shape index (κ3) is 1.36. The molecule has 2 amide bonds. The van der Waals surface area contributed by atoms with Gasteiger partial charge < -0.3 is 0 Å². The highest BCUT2D eigenvalue weighted by atomic mass is 19.1. The van der Waals surface area contributed by atoms with Crippen molar-refractivity contribution in [3.63, 3.8) is 0 Å². The molecule has 0 radical (unpaired) electrons. The Kier molecular flexibility index (Phi) is 2.20. The van der Waals surface area contributed by atoms with Crippen molar-refractivity contribution in [3.05, 3.63) is 47.8 Å². The molecule has 4 atom stereocenters. The van der Waals surface area contributed by atoms with Crippen LogP contribution in [0.15, 0.2) is 36.4 Å². The summed E-state index contributed by atoms with van der Waals surface area (Å²) in [5.74, 6) is -0.132. The molecule has 1 aromatic carbocycles. The summed E-state index contributed by atoms with van der Waals surface area (Å²) in [5.41, 5.74) is 1.03. The van der Waals surface area contributed by atoms with Crippen LogP contribution in [0.2, 0.25) is 0 Å². The molecule has 2 bridgehead atoms. The molecule has 1 heterocycles. The first-order valence-corrected chi connectivity index (χ1v) is 7.90. The summed E-state index contributed by atoms with van der Waals surface area (Å²) >= 11 is 0. The van der Waals surface area contributed by atoms with Gasteiger partial charge in [-0.2, -0.15) is 0 Å². The lowest BCUT2D eigenvalue weighted by Gasteiger charge is -2.21. The molecule has 1 aromatic rings. The quantitative estimate of drug-likeness (QED) is 0.621. The molecule has 3 aliphatic carbocycles. The van der Waals surface area contributed by atoms with Crippen molar-refractivity contribution in [2.24, 2.45) is 29.1 Å². The van der Waals surface area contributed by atoms with Gasteiger partial charge in [0, 0.05) is 0 Å². The fraction of sp³-hybridized carbons (Fsp3) is 0.444. The predicted molar refractivity (Wildman–Crippen MR) is 76.7 cm³/mol. The highest BCUT2D eigenvalue weighted by Gasteiger charge is 2.73. The number of halogens is 1. The van der Waals surface area contributed by atoms with E-state index in [4.69, 9.17) is 0 Å². The lowest BCUT2D eigenvalue weighted by Crippen LogP contribution is -2.34. The van der Waals surface area contributed by atoms with E-state index < -0.39 is 0 Å². The average Bonchev–Trinajstić information content (AvgIpc) is 3.12. The minimum atomic E-state index is -0.308. The maximum absolute atomic E-state index is 13.0. The molecule has 1 aliphatic heterocycles. The number of hydrogen-bond acceptors (Lipinski definition) is 2. The molecule has 4 aliphatic rings. The van der Waals surface area contributed by atoms with Crippen LogP contribution in [0.1, 0.15) is 18.4 Å². The minimum absolute atomic E-state index is 0.0255. The van der Waals surface area contributed by atoms with E-state index in [1.165, 1.54) is 17.0 Å². The van der Waals surface area contributed by atoms with Gasteiger partial charge in [0.2, 0.25) is 11.8 Å². The number of carbonyl (C=O) groups excluding carboxylic acids is 2. The van der Waals surface area contributed by atoms with E-state index in [2.05, 4.69) is 12.2 Å². The number of nitrogens with zero attached hydrogens (tertiary/aromatic N) is 1. The summed E-state index contributed by atoms with van der Waals surface area (Å²) in [6.45, 7) is 0.261. The minimum Gasteiger partial charge on any atom is -0.278 e. The summed E-state index contributed by atoms with van der Waals surface area (Å²) in [5, 5.41) is 0. The maximum atomic E-state index is 13.0. The number of amides is 2. The number of carbonyl (C=O) groups is 2. The second kappa shape index (κ2) is 3.86. The molecule has 0 N–H and O–H groups in total. The molecule has 3 nitrogen and oxygen atoms in total. The Balaban J connectivity index is 1.45. The SMILES string of the molecule is O=C1[C@@H]2[C@H](C(=O)N1Cc1ccc(F)cc1)[C@H]1C=C[C@H]2C12CC2. The van der Waals surface area contributed by atoms with Gasteiger partial charge in [0.15, 0.2) is 0 Å². The monoisotopic (exact) mass is 297 g/mol. The summed E-state index contributed by atoms with van der Waals surface area (Å²) in [4.78, 5) is 26.9. The van der Waals surface area contributed by atoms with Crippen molar-refractivity contribution in [2.75, 3.05) is 0 Å². The number of allylic oxidation sites excluding steroid dienone is 2. The maximum Gasteiger partial charge on any atom is 0.234 e. The molecule has 1 saturated heterocycles. The van der Waals surface area contributed by atoms with Gasteiger partial charge in [-0.1, -0.05) is 24.3 Å². The summed E-state index contributed by atoms with van der Waals surface area (Å²) in [7, 11) is 0. The molecule has 22 heavy (non-hydrogen) atoms. The molecule has 4 heteroatoms. The van der Waals surface area contributed by atoms with Crippen LogP contribution in [-0.2, 0) is 16.1 Å². The first-order chi connectivity index (χ1) is 10.6. The fourth-order valence-electron chi connectivity index (χ4n) is 5.07. The van der Waals surface area contributed by atoms with Crippen LogP contribution in [0, 0.1) is 34.9 Å². The van der Waals surface area contributed by atoms with E-state index >= 15 is 0 Å². The van der Waals surface area contributed by atoms with E-state index in [0.29, 0.717) is 0 Å². The zero-order chi connectivity index (χ0) is 15.1. The van der Waals surface area contributed by atoms with Crippen LogP contribution in [0.3, 0.4) is 0 Å². The van der Waals surface area contributed by atoms with E-state index in [1.807, 2.05) is 0 Å². The number of hydrogen-bond donors (Lipinski definition) is 0. The van der Waals surface area contributed by atoms with Gasteiger partial charge >= 0.3 is 0 Å². The van der Waals surface area contributed by atoms with Gasteiger partial charge in [0.05, 0.1) is 18.4 Å². The van der Waals surface area contributed by atoms with E-state index in [-0.39, 0.29) is 53.3 Å². The smallest absolute Gasteiger partial charge is 0.234 e. The summed E-state index contributed by atoms with van der Waals surface area (Å²) in [6.07, 6.45) is 6.65. The molecule has 3 fully saturated rings. The fourth-order valence-corrected chi connectivity index (χ4v) is 5.07. The lowest BCUT2D eigenvalue weighted by atomic mass is 9.85. The zero-order valence-corrected chi connectivity index (χ0v) is 12.0. The highest BCUT2D eigenvalue weighted by Crippen LogP contribution is 2.73. The van der Waals surface area contributed by atoms with Gasteiger partial charge in [0.25, 0.3) is 0 Å². The van der Waals surface area contributed by atoms with Crippen molar-refractivity contribution in [3.8, 4) is 0 Å². The van der Waals surface area contributed by atoms with Gasteiger partial charge in [-0.25, -0.2) is 4.39 Å². The van der Waals surface area contributed by atoms with Crippen LogP contribution >= 0.6 is 0 Å². The van der Waals surface area contributed by atoms with Crippen molar-refractivity contribution >= 4 is 11.8 Å². The van der Waals surface area contributed by atoms with Gasteiger partial charge in [0.1, 0.15) is 5.82 Å². The first kappa shape index (κ1) is 12.6. The Hall–Kier alpha value is -1.97. The predicted octanol–water partition coefficient (Wildman–Crippen LogP) is 2.52. The normalized spacial score (nSPS) is 36.5. The van der Waals surface area contributed by atoms with Gasteiger partial charge in [-0.05, 0) is 47.8 Å². The standard InChI is InChI=1S/C18H16FNO2/c19-11-3-1-10(2-4-11)9-20-16(21)14-12-5-6-13(15(14)17(20)22)18(12)7-8-18/h1-6,12-15H,7-9H2/t12-,13-,14-,15+/m1/s1. The zero-order valence-electron chi connectivity index (χ0n) is 12.0. The average molecular weight is 297 g/mol. The van der Waals surface area contributed by atoms with Crippen molar-refractivity contribution in [1.29, 1.82) is 0 Å². The molecule has 5 rings (SSSR count). The Morgan fingerprint density at radius 2 is 1.55 bits per heavy atom. The molecular weight excluding hydrogens is 281 g/mol. The third-order valence-corrected chi connectivity index (χ3v) is 6.20. The van der Waals surface area contributed by atoms with Crippen molar-refractivity contribution < 1.29 is 14.0 Å². The van der Waals surface area contributed by atoms with Crippen LogP contribution in [0.4, 0.5) is 4.39 Å². The largest absolute Gasteiger partial charge is 0.278 e. The number of likely N-dealkylation sites (tertiary alicyclic amines) is 1. The number of fused-ring (bicyclic) bond motifs is 3. The Bertz CT molecular complexity index is 685. The number of rotatable bonds is 2. The van der Waals surface area contributed by atoms with Crippen LogP contribution in [0.25, 0.3) is 0 Å². The second-order valence-electron chi connectivity index (χ2n) is 7.11.